The van der Waals surface area contributed by atoms with E-state index in [9.17, 15) is 8.42 Å². The van der Waals surface area contributed by atoms with Gasteiger partial charge in [-0.3, -0.25) is 4.90 Å². The number of nitrogens with zero attached hydrogens (tertiary/aromatic N) is 1. The Bertz CT molecular complexity index is 445. The number of hydrogen-bond donors (Lipinski definition) is 1. The highest BCUT2D eigenvalue weighted by Crippen LogP contribution is 2.41. The van der Waals surface area contributed by atoms with Crippen molar-refractivity contribution in [3.8, 4) is 0 Å². The van der Waals surface area contributed by atoms with Crippen LogP contribution in [0.25, 0.3) is 0 Å². The van der Waals surface area contributed by atoms with Crippen LogP contribution in [0.5, 0.6) is 0 Å². The molecule has 1 saturated heterocycles. The lowest BCUT2D eigenvalue weighted by Crippen LogP contribution is -2.64. The predicted octanol–water partition coefficient (Wildman–Crippen LogP) is 2.05. The fourth-order valence-corrected chi connectivity index (χ4v) is 4.40. The van der Waals surface area contributed by atoms with Crippen LogP contribution in [0, 0.1) is 5.92 Å². The molecular weight excluding hydrogens is 284 g/mol. The zero-order chi connectivity index (χ0) is 15.7. The largest absolute Gasteiger partial charge is 0.308 e. The molecular formula is C16H32N2O2S. The minimum Gasteiger partial charge on any atom is -0.308 e. The van der Waals surface area contributed by atoms with Crippen LogP contribution in [0.3, 0.4) is 0 Å². The molecule has 2 fully saturated rings. The highest BCUT2D eigenvalue weighted by atomic mass is 32.2. The third-order valence-electron chi connectivity index (χ3n) is 5.27. The van der Waals surface area contributed by atoms with E-state index in [1.807, 2.05) is 0 Å². The van der Waals surface area contributed by atoms with Gasteiger partial charge in [-0.15, -0.1) is 0 Å². The van der Waals surface area contributed by atoms with Crippen molar-refractivity contribution in [2.45, 2.75) is 70.2 Å². The summed E-state index contributed by atoms with van der Waals surface area (Å²) in [5, 5.41) is 3.49. The first kappa shape index (κ1) is 17.2. The first-order valence-electron chi connectivity index (χ1n) is 8.49. The van der Waals surface area contributed by atoms with E-state index in [0.717, 1.165) is 31.8 Å². The summed E-state index contributed by atoms with van der Waals surface area (Å²) in [4.78, 5) is 2.44. The van der Waals surface area contributed by atoms with Crippen molar-refractivity contribution in [3.63, 3.8) is 0 Å². The lowest BCUT2D eigenvalue weighted by Gasteiger charge is -2.47. The predicted molar refractivity (Wildman–Crippen MR) is 88.3 cm³/mol. The Morgan fingerprint density at radius 2 is 2.00 bits per heavy atom. The molecule has 5 heteroatoms. The fraction of sp³-hybridized carbons (Fsp3) is 1.00. The van der Waals surface area contributed by atoms with Gasteiger partial charge in [0.15, 0.2) is 9.84 Å². The van der Waals surface area contributed by atoms with Gasteiger partial charge in [0.2, 0.25) is 0 Å². The van der Waals surface area contributed by atoms with Gasteiger partial charge in [0.05, 0.1) is 11.0 Å². The number of rotatable bonds is 7. The van der Waals surface area contributed by atoms with Crippen LogP contribution in [0.2, 0.25) is 0 Å². The molecule has 1 heterocycles. The molecule has 0 amide bonds. The lowest BCUT2D eigenvalue weighted by molar-refractivity contribution is 0.0756. The van der Waals surface area contributed by atoms with Gasteiger partial charge >= 0.3 is 0 Å². The van der Waals surface area contributed by atoms with Gasteiger partial charge in [0.25, 0.3) is 0 Å². The van der Waals surface area contributed by atoms with Crippen molar-refractivity contribution in [1.82, 2.24) is 10.2 Å². The van der Waals surface area contributed by atoms with Gasteiger partial charge in [-0.05, 0) is 46.0 Å². The highest BCUT2D eigenvalue weighted by Gasteiger charge is 2.45. The summed E-state index contributed by atoms with van der Waals surface area (Å²) in [6.45, 7) is 10.8. The van der Waals surface area contributed by atoms with Crippen LogP contribution < -0.4 is 5.32 Å². The van der Waals surface area contributed by atoms with Crippen LogP contribution >= 0.6 is 0 Å². The van der Waals surface area contributed by atoms with Crippen molar-refractivity contribution < 1.29 is 8.42 Å². The van der Waals surface area contributed by atoms with Crippen LogP contribution in [0.4, 0.5) is 0 Å². The van der Waals surface area contributed by atoms with Crippen LogP contribution in [0.15, 0.2) is 0 Å². The lowest BCUT2D eigenvalue weighted by atomic mass is 9.90. The average Bonchev–Trinajstić information content (AvgIpc) is 3.24. The standard InChI is InChI=1S/C16H32N2O2S/c1-5-6-15-11-17-16(4,14-7-8-14)12-18(15)9-10-21(19,20)13(2)3/h13-15,17H,5-12H2,1-4H3. The van der Waals surface area contributed by atoms with Crippen molar-refractivity contribution in [3.05, 3.63) is 0 Å². The Kier molecular flexibility index (Phi) is 5.37. The minimum absolute atomic E-state index is 0.186. The second kappa shape index (κ2) is 6.55. The van der Waals surface area contributed by atoms with Crippen molar-refractivity contribution >= 4 is 9.84 Å². The number of hydrogen-bond acceptors (Lipinski definition) is 4. The molecule has 4 nitrogen and oxygen atoms in total. The van der Waals surface area contributed by atoms with Crippen molar-refractivity contribution in [2.75, 3.05) is 25.4 Å². The molecule has 1 aliphatic carbocycles. The molecule has 0 radical (unpaired) electrons. The molecule has 124 valence electrons. The van der Waals surface area contributed by atoms with E-state index in [-0.39, 0.29) is 10.8 Å². The summed E-state index contributed by atoms with van der Waals surface area (Å²) in [7, 11) is -2.94. The molecule has 2 rings (SSSR count). The third kappa shape index (κ3) is 4.20. The summed E-state index contributed by atoms with van der Waals surface area (Å²) < 4.78 is 24.2. The quantitative estimate of drug-likeness (QED) is 0.781. The molecule has 1 aliphatic heterocycles. The Labute approximate surface area is 130 Å². The highest BCUT2D eigenvalue weighted by molar-refractivity contribution is 7.92. The molecule has 0 aromatic carbocycles. The summed E-state index contributed by atoms with van der Waals surface area (Å²) in [5.74, 6) is 1.08. The maximum absolute atomic E-state index is 12.1. The molecule has 21 heavy (non-hydrogen) atoms. The van der Waals surface area contributed by atoms with Gasteiger partial charge in [-0.25, -0.2) is 8.42 Å². The molecule has 2 unspecified atom stereocenters. The van der Waals surface area contributed by atoms with Crippen LogP contribution in [-0.4, -0.2) is 55.5 Å². The second-order valence-corrected chi connectivity index (χ2v) is 10.1. The monoisotopic (exact) mass is 316 g/mol. The molecule has 0 aromatic rings. The van der Waals surface area contributed by atoms with Crippen molar-refractivity contribution in [2.24, 2.45) is 5.92 Å². The maximum Gasteiger partial charge on any atom is 0.153 e. The second-order valence-electron chi connectivity index (χ2n) is 7.40. The van der Waals surface area contributed by atoms with Crippen LogP contribution in [0.1, 0.15) is 53.4 Å². The number of sulfone groups is 1. The minimum atomic E-state index is -2.94. The average molecular weight is 317 g/mol. The van der Waals surface area contributed by atoms with Crippen molar-refractivity contribution in [1.29, 1.82) is 0 Å². The SMILES string of the molecule is CCCC1CNC(C)(C2CC2)CN1CCS(=O)(=O)C(C)C. The molecule has 2 aliphatic rings. The summed E-state index contributed by atoms with van der Waals surface area (Å²) in [6.07, 6.45) is 4.94. The summed E-state index contributed by atoms with van der Waals surface area (Å²) in [5.41, 5.74) is 0.186. The summed E-state index contributed by atoms with van der Waals surface area (Å²) >= 11 is 0. The topological polar surface area (TPSA) is 49.4 Å². The maximum atomic E-state index is 12.1. The van der Waals surface area contributed by atoms with Crippen LogP contribution in [-0.2, 0) is 9.84 Å². The normalized spacial score (nSPS) is 31.8. The first-order valence-corrected chi connectivity index (χ1v) is 10.2. The third-order valence-corrected chi connectivity index (χ3v) is 7.46. The van der Waals surface area contributed by atoms with Gasteiger partial charge < -0.3 is 5.32 Å². The molecule has 2 atom stereocenters. The van der Waals surface area contributed by atoms with E-state index < -0.39 is 9.84 Å². The van der Waals surface area contributed by atoms with E-state index in [1.165, 1.54) is 12.8 Å². The first-order chi connectivity index (χ1) is 9.78. The Morgan fingerprint density at radius 3 is 2.52 bits per heavy atom. The van der Waals surface area contributed by atoms with E-state index in [2.05, 4.69) is 24.1 Å². The zero-order valence-corrected chi connectivity index (χ0v) is 14.9. The Hall–Kier alpha value is -0.130. The van der Waals surface area contributed by atoms with Gasteiger partial charge in [-0.1, -0.05) is 13.3 Å². The molecule has 0 aromatic heterocycles. The molecule has 0 bridgehead atoms. The molecule has 0 spiro atoms. The van der Waals surface area contributed by atoms with E-state index in [0.29, 0.717) is 18.3 Å². The van der Waals surface area contributed by atoms with Gasteiger partial charge in [0, 0.05) is 31.2 Å². The number of nitrogens with one attached hydrogen (secondary N) is 1. The summed E-state index contributed by atoms with van der Waals surface area (Å²) in [6, 6.07) is 0.490. The van der Waals surface area contributed by atoms with E-state index in [1.54, 1.807) is 13.8 Å². The van der Waals surface area contributed by atoms with E-state index in [4.69, 9.17) is 0 Å². The molecule has 1 saturated carbocycles. The number of piperazine rings is 1. The molecule has 1 N–H and O–H groups in total. The van der Waals surface area contributed by atoms with Gasteiger partial charge in [-0.2, -0.15) is 0 Å². The zero-order valence-electron chi connectivity index (χ0n) is 14.1. The fourth-order valence-electron chi connectivity index (χ4n) is 3.44. The smallest absolute Gasteiger partial charge is 0.153 e. The van der Waals surface area contributed by atoms with Gasteiger partial charge in [0.1, 0.15) is 0 Å². The Morgan fingerprint density at radius 1 is 1.33 bits per heavy atom. The van der Waals surface area contributed by atoms with E-state index >= 15 is 0 Å². The Balaban J connectivity index is 2.00.